The molecule has 0 amide bonds. The Morgan fingerprint density at radius 3 is 2.41 bits per heavy atom. The molecule has 0 saturated heterocycles. The van der Waals surface area contributed by atoms with Crippen molar-refractivity contribution in [2.24, 2.45) is 0 Å². The zero-order chi connectivity index (χ0) is 12.4. The quantitative estimate of drug-likeness (QED) is 0.617. The third-order valence-electron chi connectivity index (χ3n) is 1.93. The van der Waals surface area contributed by atoms with Gasteiger partial charge in [-0.3, -0.25) is 0 Å². The Morgan fingerprint density at radius 2 is 1.88 bits per heavy atom. The SMILES string of the molecule is Cc1nc(C(C)Sc2nc(N)cc(N)n2)no1. The summed E-state index contributed by atoms with van der Waals surface area (Å²) in [4.78, 5) is 12.3. The summed E-state index contributed by atoms with van der Waals surface area (Å²) in [7, 11) is 0. The van der Waals surface area contributed by atoms with Gasteiger partial charge in [0, 0.05) is 13.0 Å². The predicted octanol–water partition coefficient (Wildman–Crippen LogP) is 1.19. The number of hydrogen-bond acceptors (Lipinski definition) is 8. The number of aromatic nitrogens is 4. The van der Waals surface area contributed by atoms with E-state index in [4.69, 9.17) is 16.0 Å². The van der Waals surface area contributed by atoms with Crippen LogP contribution in [0.4, 0.5) is 11.6 Å². The Kier molecular flexibility index (Phi) is 3.14. The van der Waals surface area contributed by atoms with E-state index in [1.165, 1.54) is 17.8 Å². The van der Waals surface area contributed by atoms with Crippen LogP contribution in [0.2, 0.25) is 0 Å². The lowest BCUT2D eigenvalue weighted by atomic mass is 10.4. The summed E-state index contributed by atoms with van der Waals surface area (Å²) in [5.41, 5.74) is 11.2. The first kappa shape index (κ1) is 11.6. The topological polar surface area (TPSA) is 117 Å². The van der Waals surface area contributed by atoms with Crippen LogP contribution in [0.3, 0.4) is 0 Å². The molecule has 8 heteroatoms. The Morgan fingerprint density at radius 1 is 1.24 bits per heavy atom. The highest BCUT2D eigenvalue weighted by Gasteiger charge is 2.15. The van der Waals surface area contributed by atoms with Gasteiger partial charge in [-0.2, -0.15) is 4.98 Å². The number of nitrogen functional groups attached to an aromatic ring is 2. The normalized spacial score (nSPS) is 12.6. The van der Waals surface area contributed by atoms with Crippen LogP contribution in [0.25, 0.3) is 0 Å². The van der Waals surface area contributed by atoms with Crippen molar-refractivity contribution in [1.82, 2.24) is 20.1 Å². The molecule has 0 fully saturated rings. The molecule has 1 unspecified atom stereocenters. The van der Waals surface area contributed by atoms with Gasteiger partial charge in [-0.1, -0.05) is 16.9 Å². The Balaban J connectivity index is 2.15. The van der Waals surface area contributed by atoms with Crippen LogP contribution < -0.4 is 11.5 Å². The molecule has 0 aromatic carbocycles. The van der Waals surface area contributed by atoms with E-state index in [0.29, 0.717) is 28.5 Å². The molecule has 0 saturated carbocycles. The average Bonchev–Trinajstić information content (AvgIpc) is 2.63. The summed E-state index contributed by atoms with van der Waals surface area (Å²) in [5, 5.41) is 4.30. The second-order valence-electron chi connectivity index (χ2n) is 3.43. The Bertz CT molecular complexity index is 508. The maximum Gasteiger partial charge on any atom is 0.223 e. The van der Waals surface area contributed by atoms with E-state index >= 15 is 0 Å². The Hall–Kier alpha value is -1.83. The van der Waals surface area contributed by atoms with Crippen molar-refractivity contribution >= 4 is 23.4 Å². The van der Waals surface area contributed by atoms with E-state index in [-0.39, 0.29) is 5.25 Å². The van der Waals surface area contributed by atoms with Crippen molar-refractivity contribution < 1.29 is 4.52 Å². The fourth-order valence-corrected chi connectivity index (χ4v) is 2.04. The maximum atomic E-state index is 5.58. The molecule has 7 nitrogen and oxygen atoms in total. The molecule has 90 valence electrons. The number of aryl methyl sites for hydroxylation is 1. The molecule has 0 aliphatic carbocycles. The molecule has 2 aromatic heterocycles. The number of nitrogens with zero attached hydrogens (tertiary/aromatic N) is 4. The summed E-state index contributed by atoms with van der Waals surface area (Å²) in [6.07, 6.45) is 0. The first-order valence-electron chi connectivity index (χ1n) is 4.91. The van der Waals surface area contributed by atoms with Gasteiger partial charge >= 0.3 is 0 Å². The van der Waals surface area contributed by atoms with E-state index in [9.17, 15) is 0 Å². The molecule has 0 aliphatic heterocycles. The number of anilines is 2. The highest BCUT2D eigenvalue weighted by molar-refractivity contribution is 7.99. The van der Waals surface area contributed by atoms with E-state index in [0.717, 1.165) is 0 Å². The second-order valence-corrected chi connectivity index (χ2v) is 4.74. The van der Waals surface area contributed by atoms with Crippen molar-refractivity contribution in [2.75, 3.05) is 11.5 Å². The van der Waals surface area contributed by atoms with Gasteiger partial charge in [-0.25, -0.2) is 9.97 Å². The van der Waals surface area contributed by atoms with Crippen molar-refractivity contribution in [1.29, 1.82) is 0 Å². The lowest BCUT2D eigenvalue weighted by Crippen LogP contribution is -2.01. The molecular formula is C9H12N6OS. The molecule has 0 bridgehead atoms. The molecule has 4 N–H and O–H groups in total. The number of thioether (sulfide) groups is 1. The first-order valence-corrected chi connectivity index (χ1v) is 5.79. The van der Waals surface area contributed by atoms with E-state index in [2.05, 4.69) is 20.1 Å². The molecule has 2 rings (SSSR count). The predicted molar refractivity (Wildman–Crippen MR) is 64.2 cm³/mol. The maximum absolute atomic E-state index is 5.58. The van der Waals surface area contributed by atoms with Crippen LogP contribution in [0.1, 0.15) is 23.9 Å². The number of hydrogen-bond donors (Lipinski definition) is 2. The van der Waals surface area contributed by atoms with Gasteiger partial charge < -0.3 is 16.0 Å². The van der Waals surface area contributed by atoms with Gasteiger partial charge in [0.25, 0.3) is 0 Å². The van der Waals surface area contributed by atoms with Gasteiger partial charge in [0.05, 0.1) is 5.25 Å². The fourth-order valence-electron chi connectivity index (χ4n) is 1.21. The molecule has 0 radical (unpaired) electrons. The van der Waals surface area contributed by atoms with Gasteiger partial charge in [-0.15, -0.1) is 0 Å². The molecule has 0 spiro atoms. The lowest BCUT2D eigenvalue weighted by Gasteiger charge is -2.06. The zero-order valence-corrected chi connectivity index (χ0v) is 10.2. The van der Waals surface area contributed by atoms with E-state index < -0.39 is 0 Å². The van der Waals surface area contributed by atoms with Gasteiger partial charge in [0.15, 0.2) is 11.0 Å². The van der Waals surface area contributed by atoms with Gasteiger partial charge in [0.2, 0.25) is 5.89 Å². The number of rotatable bonds is 3. The molecule has 0 aliphatic rings. The molecular weight excluding hydrogens is 240 g/mol. The van der Waals surface area contributed by atoms with Crippen LogP contribution in [-0.4, -0.2) is 20.1 Å². The van der Waals surface area contributed by atoms with Crippen molar-refractivity contribution in [2.45, 2.75) is 24.3 Å². The monoisotopic (exact) mass is 252 g/mol. The summed E-state index contributed by atoms with van der Waals surface area (Å²) in [6.45, 7) is 3.67. The minimum Gasteiger partial charge on any atom is -0.383 e. The third kappa shape index (κ3) is 2.84. The average molecular weight is 252 g/mol. The summed E-state index contributed by atoms with van der Waals surface area (Å²) in [6, 6.07) is 1.51. The highest BCUT2D eigenvalue weighted by Crippen LogP contribution is 2.31. The van der Waals surface area contributed by atoms with Crippen molar-refractivity contribution in [3.05, 3.63) is 17.8 Å². The minimum absolute atomic E-state index is 0.0337. The van der Waals surface area contributed by atoms with Crippen LogP contribution in [-0.2, 0) is 0 Å². The smallest absolute Gasteiger partial charge is 0.223 e. The van der Waals surface area contributed by atoms with Crippen LogP contribution >= 0.6 is 11.8 Å². The standard InChI is InChI=1S/C9H12N6OS/c1-4(8-12-5(2)16-15-8)17-9-13-6(10)3-7(11)14-9/h3-4H,1-2H3,(H4,10,11,13,14). The largest absolute Gasteiger partial charge is 0.383 e. The van der Waals surface area contributed by atoms with Gasteiger partial charge in [0.1, 0.15) is 11.6 Å². The summed E-state index contributed by atoms with van der Waals surface area (Å²) in [5.74, 6) is 1.81. The molecule has 2 aromatic rings. The zero-order valence-electron chi connectivity index (χ0n) is 9.41. The van der Waals surface area contributed by atoms with Crippen LogP contribution in [0, 0.1) is 6.92 Å². The first-order chi connectivity index (χ1) is 8.04. The van der Waals surface area contributed by atoms with E-state index in [1.807, 2.05) is 6.92 Å². The molecule has 17 heavy (non-hydrogen) atoms. The summed E-state index contributed by atoms with van der Waals surface area (Å²) >= 11 is 1.37. The third-order valence-corrected chi connectivity index (χ3v) is 2.89. The molecule has 2 heterocycles. The van der Waals surface area contributed by atoms with Crippen molar-refractivity contribution in [3.8, 4) is 0 Å². The second kappa shape index (κ2) is 4.58. The lowest BCUT2D eigenvalue weighted by molar-refractivity contribution is 0.387. The number of nitrogens with two attached hydrogens (primary N) is 2. The highest BCUT2D eigenvalue weighted by atomic mass is 32.2. The fraction of sp³-hybridized carbons (Fsp3) is 0.333. The Labute approximate surface area is 102 Å². The van der Waals surface area contributed by atoms with Gasteiger partial charge in [-0.05, 0) is 6.92 Å². The van der Waals surface area contributed by atoms with Crippen LogP contribution in [0.15, 0.2) is 15.7 Å². The summed E-state index contributed by atoms with van der Waals surface area (Å²) < 4.78 is 4.91. The van der Waals surface area contributed by atoms with Crippen LogP contribution in [0.5, 0.6) is 0 Å². The van der Waals surface area contributed by atoms with Crippen molar-refractivity contribution in [3.63, 3.8) is 0 Å². The molecule has 1 atom stereocenters. The van der Waals surface area contributed by atoms with E-state index in [1.54, 1.807) is 6.92 Å². The minimum atomic E-state index is -0.0337.